The third-order valence-electron chi connectivity index (χ3n) is 2.34. The topological polar surface area (TPSA) is 72.2 Å². The summed E-state index contributed by atoms with van der Waals surface area (Å²) >= 11 is 6.00. The molecule has 2 rings (SSSR count). The van der Waals surface area contributed by atoms with Crippen LogP contribution in [0.2, 0.25) is 0 Å². The lowest BCUT2D eigenvalue weighted by molar-refractivity contribution is 0.603. The van der Waals surface area contributed by atoms with Gasteiger partial charge in [0.15, 0.2) is 0 Å². The Morgan fingerprint density at radius 2 is 1.95 bits per heavy atom. The number of hydrogen-bond donors (Lipinski definition) is 2. The normalized spacial score (nSPS) is 11.2. The van der Waals surface area contributed by atoms with Crippen molar-refractivity contribution in [1.82, 2.24) is 0 Å². The van der Waals surface area contributed by atoms with Crippen LogP contribution in [0.3, 0.4) is 0 Å². The molecule has 0 aliphatic carbocycles. The smallest absolute Gasteiger partial charge is 0.271 e. The Hall–Kier alpha value is -1.44. The molecule has 1 aromatic heterocycles. The number of sulfonamides is 1. The molecule has 2 aromatic rings. The Morgan fingerprint density at radius 3 is 2.47 bits per heavy atom. The third-order valence-corrected chi connectivity index (χ3v) is 5.27. The standard InChI is InChI=1S/C12H12N2O2S3/c13-11(17)8-9-3-5-10(6-4-9)14-19(15,16)12-2-1-7-18-12/h1-7,14H,8H2,(H2,13,17). The van der Waals surface area contributed by atoms with E-state index in [0.29, 0.717) is 21.3 Å². The van der Waals surface area contributed by atoms with Crippen LogP contribution in [0.5, 0.6) is 0 Å². The first-order chi connectivity index (χ1) is 8.97. The molecule has 19 heavy (non-hydrogen) atoms. The van der Waals surface area contributed by atoms with Crippen molar-refractivity contribution in [2.24, 2.45) is 5.73 Å². The van der Waals surface area contributed by atoms with Crippen LogP contribution in [-0.2, 0) is 16.4 Å². The molecule has 0 aliphatic heterocycles. The lowest BCUT2D eigenvalue weighted by Gasteiger charge is -2.07. The first-order valence-corrected chi connectivity index (χ1v) is 8.18. The largest absolute Gasteiger partial charge is 0.393 e. The minimum Gasteiger partial charge on any atom is -0.393 e. The maximum Gasteiger partial charge on any atom is 0.271 e. The predicted octanol–water partition coefficient (Wildman–Crippen LogP) is 2.38. The van der Waals surface area contributed by atoms with E-state index in [1.54, 1.807) is 41.8 Å². The highest BCUT2D eigenvalue weighted by atomic mass is 32.2. The Kier molecular flexibility index (Phi) is 4.18. The molecule has 7 heteroatoms. The summed E-state index contributed by atoms with van der Waals surface area (Å²) in [7, 11) is -3.49. The van der Waals surface area contributed by atoms with Crippen LogP contribution in [0, 0.1) is 0 Å². The zero-order valence-electron chi connectivity index (χ0n) is 9.87. The number of hydrogen-bond acceptors (Lipinski definition) is 4. The van der Waals surface area contributed by atoms with Gasteiger partial charge >= 0.3 is 0 Å². The summed E-state index contributed by atoms with van der Waals surface area (Å²) in [6, 6.07) is 10.2. The van der Waals surface area contributed by atoms with E-state index >= 15 is 0 Å². The first kappa shape index (κ1) is 14.0. The molecule has 0 fully saturated rings. The van der Waals surface area contributed by atoms with Crippen LogP contribution in [0.4, 0.5) is 5.69 Å². The minimum atomic E-state index is -3.49. The van der Waals surface area contributed by atoms with Crippen LogP contribution in [0.15, 0.2) is 46.0 Å². The highest BCUT2D eigenvalue weighted by molar-refractivity contribution is 7.94. The number of rotatable bonds is 5. The molecule has 0 unspecified atom stereocenters. The molecule has 3 N–H and O–H groups in total. The second-order valence-corrected chi connectivity index (χ2v) is 7.26. The van der Waals surface area contributed by atoms with Crippen molar-refractivity contribution in [3.63, 3.8) is 0 Å². The van der Waals surface area contributed by atoms with Gasteiger partial charge in [-0.3, -0.25) is 4.72 Å². The Labute approximate surface area is 121 Å². The molecule has 0 spiro atoms. The lowest BCUT2D eigenvalue weighted by Crippen LogP contribution is -2.12. The van der Waals surface area contributed by atoms with E-state index in [2.05, 4.69) is 4.72 Å². The molecule has 0 saturated heterocycles. The monoisotopic (exact) mass is 312 g/mol. The van der Waals surface area contributed by atoms with E-state index in [4.69, 9.17) is 18.0 Å². The Balaban J connectivity index is 2.14. The molecule has 0 bridgehead atoms. The summed E-state index contributed by atoms with van der Waals surface area (Å²) in [6.07, 6.45) is 0.507. The summed E-state index contributed by atoms with van der Waals surface area (Å²) in [5, 5.41) is 1.72. The van der Waals surface area contributed by atoms with E-state index in [0.717, 1.165) is 5.56 Å². The quantitative estimate of drug-likeness (QED) is 0.832. The summed E-state index contributed by atoms with van der Waals surface area (Å²) < 4.78 is 26.8. The van der Waals surface area contributed by atoms with Crippen molar-refractivity contribution in [2.45, 2.75) is 10.6 Å². The zero-order valence-corrected chi connectivity index (χ0v) is 12.3. The van der Waals surface area contributed by atoms with Crippen LogP contribution in [-0.4, -0.2) is 13.4 Å². The van der Waals surface area contributed by atoms with Gasteiger partial charge in [0.1, 0.15) is 4.21 Å². The average molecular weight is 312 g/mol. The van der Waals surface area contributed by atoms with Crippen molar-refractivity contribution >= 4 is 44.3 Å². The van der Waals surface area contributed by atoms with Crippen LogP contribution >= 0.6 is 23.6 Å². The summed E-state index contributed by atoms with van der Waals surface area (Å²) in [4.78, 5) is 0.409. The maximum atomic E-state index is 12.0. The van der Waals surface area contributed by atoms with E-state index in [-0.39, 0.29) is 0 Å². The number of nitrogens with one attached hydrogen (secondary N) is 1. The number of benzene rings is 1. The van der Waals surface area contributed by atoms with Gasteiger partial charge in [0, 0.05) is 12.1 Å². The van der Waals surface area contributed by atoms with Crippen LogP contribution in [0.1, 0.15) is 5.56 Å². The molecule has 100 valence electrons. The lowest BCUT2D eigenvalue weighted by atomic mass is 10.1. The second kappa shape index (κ2) is 5.68. The molecule has 0 saturated carbocycles. The first-order valence-electron chi connectivity index (χ1n) is 5.41. The number of nitrogens with two attached hydrogens (primary N) is 1. The zero-order chi connectivity index (χ0) is 13.9. The van der Waals surface area contributed by atoms with Crippen molar-refractivity contribution in [1.29, 1.82) is 0 Å². The van der Waals surface area contributed by atoms with Crippen molar-refractivity contribution in [2.75, 3.05) is 4.72 Å². The van der Waals surface area contributed by atoms with Gasteiger partial charge < -0.3 is 5.73 Å². The van der Waals surface area contributed by atoms with Crippen molar-refractivity contribution in [3.8, 4) is 0 Å². The van der Waals surface area contributed by atoms with Gasteiger partial charge in [-0.15, -0.1) is 11.3 Å². The summed E-state index contributed by atoms with van der Waals surface area (Å²) in [6.45, 7) is 0. The van der Waals surface area contributed by atoms with Crippen LogP contribution in [0.25, 0.3) is 0 Å². The molecule has 1 aromatic carbocycles. The molecule has 1 heterocycles. The molecule has 0 atom stereocenters. The predicted molar refractivity (Wildman–Crippen MR) is 82.1 cm³/mol. The molecular formula is C12H12N2O2S3. The SMILES string of the molecule is NC(=S)Cc1ccc(NS(=O)(=O)c2cccs2)cc1. The Bertz CT molecular complexity index is 662. The average Bonchev–Trinajstić information content (AvgIpc) is 2.85. The van der Waals surface area contributed by atoms with Gasteiger partial charge in [0.05, 0.1) is 4.99 Å². The second-order valence-electron chi connectivity index (χ2n) is 3.88. The van der Waals surface area contributed by atoms with Gasteiger partial charge in [0.25, 0.3) is 10.0 Å². The fourth-order valence-corrected chi connectivity index (χ4v) is 3.73. The fourth-order valence-electron chi connectivity index (χ4n) is 1.51. The van der Waals surface area contributed by atoms with Gasteiger partial charge in [-0.2, -0.15) is 0 Å². The fraction of sp³-hybridized carbons (Fsp3) is 0.0833. The molecule has 0 aliphatic rings. The summed E-state index contributed by atoms with van der Waals surface area (Å²) in [5.74, 6) is 0. The van der Waals surface area contributed by atoms with Crippen molar-refractivity contribution in [3.05, 3.63) is 47.3 Å². The van der Waals surface area contributed by atoms with Gasteiger partial charge in [-0.05, 0) is 29.1 Å². The highest BCUT2D eigenvalue weighted by Gasteiger charge is 2.14. The van der Waals surface area contributed by atoms with Crippen LogP contribution < -0.4 is 10.5 Å². The van der Waals surface area contributed by atoms with E-state index < -0.39 is 10.0 Å². The van der Waals surface area contributed by atoms with E-state index in [1.807, 2.05) is 0 Å². The maximum absolute atomic E-state index is 12.0. The van der Waals surface area contributed by atoms with E-state index in [1.165, 1.54) is 11.3 Å². The highest BCUT2D eigenvalue weighted by Crippen LogP contribution is 2.20. The molecule has 0 radical (unpaired) electrons. The van der Waals surface area contributed by atoms with Gasteiger partial charge in [0.2, 0.25) is 0 Å². The number of thiophene rings is 1. The summed E-state index contributed by atoms with van der Waals surface area (Å²) in [5.41, 5.74) is 6.91. The number of anilines is 1. The third kappa shape index (κ3) is 3.76. The Morgan fingerprint density at radius 1 is 1.26 bits per heavy atom. The molecule has 0 amide bonds. The van der Waals surface area contributed by atoms with Gasteiger partial charge in [-0.25, -0.2) is 8.42 Å². The number of thiocarbonyl (C=S) groups is 1. The molecule has 4 nitrogen and oxygen atoms in total. The minimum absolute atomic E-state index is 0.291. The van der Waals surface area contributed by atoms with Gasteiger partial charge in [-0.1, -0.05) is 30.4 Å². The van der Waals surface area contributed by atoms with E-state index in [9.17, 15) is 8.42 Å². The van der Waals surface area contributed by atoms with Crippen molar-refractivity contribution < 1.29 is 8.42 Å². The molecular weight excluding hydrogens is 300 g/mol.